The number of aromatic carboxylic acids is 1. The van der Waals surface area contributed by atoms with Gasteiger partial charge in [0, 0.05) is 36.3 Å². The number of halogens is 1. The molecule has 1 aliphatic rings. The number of fused-ring (bicyclic) bond motifs is 1. The maximum atomic E-state index is 12.0. The van der Waals surface area contributed by atoms with Gasteiger partial charge >= 0.3 is 5.97 Å². The van der Waals surface area contributed by atoms with Crippen molar-refractivity contribution in [2.45, 2.75) is 19.4 Å². The largest absolute Gasteiger partial charge is 0.507 e. The number of aromatic nitrogens is 2. The summed E-state index contributed by atoms with van der Waals surface area (Å²) in [5.41, 5.74) is 1.94. The second kappa shape index (κ2) is 7.69. The van der Waals surface area contributed by atoms with Crippen LogP contribution in [0, 0.1) is 0 Å². The van der Waals surface area contributed by atoms with Crippen LogP contribution in [0.5, 0.6) is 5.75 Å². The van der Waals surface area contributed by atoms with Crippen molar-refractivity contribution in [3.8, 4) is 17.0 Å². The second-order valence-corrected chi connectivity index (χ2v) is 7.03. The topological polar surface area (TPSA) is 98.6 Å². The summed E-state index contributed by atoms with van der Waals surface area (Å²) in [7, 11) is 2.04. The minimum absolute atomic E-state index is 0. The van der Waals surface area contributed by atoms with Crippen LogP contribution in [-0.4, -0.2) is 43.7 Å². The van der Waals surface area contributed by atoms with E-state index in [9.17, 15) is 14.7 Å². The van der Waals surface area contributed by atoms with Crippen molar-refractivity contribution in [2.24, 2.45) is 7.05 Å². The van der Waals surface area contributed by atoms with Crippen LogP contribution in [0.1, 0.15) is 28.9 Å². The van der Waals surface area contributed by atoms with E-state index in [0.717, 1.165) is 30.5 Å². The lowest BCUT2D eigenvalue weighted by Gasteiger charge is -2.15. The maximum absolute atomic E-state index is 12.0. The van der Waals surface area contributed by atoms with Gasteiger partial charge in [0.25, 0.3) is 5.56 Å². The zero-order chi connectivity index (χ0) is 19.1. The van der Waals surface area contributed by atoms with Crippen molar-refractivity contribution >= 4 is 29.3 Å². The lowest BCUT2D eigenvalue weighted by atomic mass is 10.1. The van der Waals surface area contributed by atoms with Crippen LogP contribution in [0.4, 0.5) is 0 Å². The Morgan fingerprint density at radius 3 is 2.54 bits per heavy atom. The predicted molar refractivity (Wildman–Crippen MR) is 109 cm³/mol. The SMILES string of the molecule is Cl.Cn1c(CN2CCCC2)cc2cc(-c3cc(O)c(C(=O)O)c(=O)[nH]3)ccc21. The Morgan fingerprint density at radius 2 is 1.89 bits per heavy atom. The molecule has 1 saturated heterocycles. The lowest BCUT2D eigenvalue weighted by molar-refractivity contribution is 0.0691. The number of aryl methyl sites for hydroxylation is 1. The van der Waals surface area contributed by atoms with E-state index >= 15 is 0 Å². The molecular weight excluding hydrogens is 382 g/mol. The van der Waals surface area contributed by atoms with Gasteiger partial charge in [-0.3, -0.25) is 9.69 Å². The molecule has 0 spiro atoms. The van der Waals surface area contributed by atoms with Crippen molar-refractivity contribution in [1.29, 1.82) is 0 Å². The number of aromatic amines is 1. The first kappa shape index (κ1) is 20.0. The number of carbonyl (C=O) groups is 1. The minimum atomic E-state index is -1.45. The Labute approximate surface area is 167 Å². The third-order valence-corrected chi connectivity index (χ3v) is 5.26. The number of likely N-dealkylation sites (tertiary alicyclic amines) is 1. The van der Waals surface area contributed by atoms with E-state index in [-0.39, 0.29) is 12.4 Å². The lowest BCUT2D eigenvalue weighted by Crippen LogP contribution is -2.19. The highest BCUT2D eigenvalue weighted by atomic mass is 35.5. The second-order valence-electron chi connectivity index (χ2n) is 7.03. The quantitative estimate of drug-likeness (QED) is 0.622. The van der Waals surface area contributed by atoms with Gasteiger partial charge in [-0.15, -0.1) is 12.4 Å². The molecule has 3 N–H and O–H groups in total. The zero-order valence-electron chi connectivity index (χ0n) is 15.4. The molecule has 0 bridgehead atoms. The van der Waals surface area contributed by atoms with E-state index in [2.05, 4.69) is 20.5 Å². The van der Waals surface area contributed by atoms with Gasteiger partial charge in [0.2, 0.25) is 0 Å². The third-order valence-electron chi connectivity index (χ3n) is 5.26. The molecule has 0 amide bonds. The summed E-state index contributed by atoms with van der Waals surface area (Å²) in [5.74, 6) is -1.99. The van der Waals surface area contributed by atoms with Gasteiger partial charge in [0.15, 0.2) is 5.56 Å². The highest BCUT2D eigenvalue weighted by Gasteiger charge is 2.18. The molecule has 0 radical (unpaired) electrons. The van der Waals surface area contributed by atoms with Crippen LogP contribution in [0.25, 0.3) is 22.2 Å². The van der Waals surface area contributed by atoms with E-state index in [4.69, 9.17) is 5.11 Å². The van der Waals surface area contributed by atoms with Gasteiger partial charge in [-0.1, -0.05) is 6.07 Å². The van der Waals surface area contributed by atoms with Gasteiger partial charge in [0.05, 0.1) is 5.69 Å². The number of hydrogen-bond acceptors (Lipinski definition) is 4. The van der Waals surface area contributed by atoms with Crippen LogP contribution in [-0.2, 0) is 13.6 Å². The predicted octanol–water partition coefficient (Wildman–Crippen LogP) is 2.96. The summed E-state index contributed by atoms with van der Waals surface area (Å²) >= 11 is 0. The number of nitrogens with zero attached hydrogens (tertiary/aromatic N) is 2. The van der Waals surface area contributed by atoms with Crippen LogP contribution >= 0.6 is 12.4 Å². The number of nitrogens with one attached hydrogen (secondary N) is 1. The molecule has 28 heavy (non-hydrogen) atoms. The molecule has 0 atom stereocenters. The van der Waals surface area contributed by atoms with Crippen LogP contribution in [0.2, 0.25) is 0 Å². The summed E-state index contributed by atoms with van der Waals surface area (Å²) in [6.45, 7) is 3.16. The molecule has 3 heterocycles. The molecule has 1 aromatic carbocycles. The fourth-order valence-electron chi connectivity index (χ4n) is 3.80. The minimum Gasteiger partial charge on any atom is -0.507 e. The summed E-state index contributed by atoms with van der Waals surface area (Å²) < 4.78 is 2.17. The Morgan fingerprint density at radius 1 is 1.18 bits per heavy atom. The van der Waals surface area contributed by atoms with Gasteiger partial charge in [-0.05, 0) is 49.7 Å². The average molecular weight is 404 g/mol. The molecule has 8 heteroatoms. The molecule has 0 saturated carbocycles. The van der Waals surface area contributed by atoms with E-state index in [0.29, 0.717) is 11.3 Å². The first-order valence-corrected chi connectivity index (χ1v) is 8.94. The Bertz CT molecular complexity index is 1100. The summed E-state index contributed by atoms with van der Waals surface area (Å²) in [5, 5.41) is 20.0. The van der Waals surface area contributed by atoms with E-state index < -0.39 is 22.8 Å². The summed E-state index contributed by atoms with van der Waals surface area (Å²) in [6, 6.07) is 9.18. The number of benzene rings is 1. The van der Waals surface area contributed by atoms with Gasteiger partial charge < -0.3 is 19.8 Å². The molecule has 2 aromatic heterocycles. The fraction of sp³-hybridized carbons (Fsp3) is 0.300. The standard InChI is InChI=1S/C20H21N3O4.ClH/c1-22-14(11-23-6-2-3-7-23)9-13-8-12(4-5-16(13)22)15-10-17(24)18(20(26)27)19(25)21-15;/h4-5,8-10H,2-3,6-7,11H2,1H3,(H,26,27)(H2,21,24,25);1H. The normalized spacial score (nSPS) is 14.3. The smallest absolute Gasteiger partial charge is 0.345 e. The Balaban J connectivity index is 0.00000225. The Hall–Kier alpha value is -2.77. The average Bonchev–Trinajstić information content (AvgIpc) is 3.22. The number of rotatable bonds is 4. The van der Waals surface area contributed by atoms with E-state index in [1.54, 1.807) is 0 Å². The molecule has 1 fully saturated rings. The Kier molecular flexibility index (Phi) is 5.49. The van der Waals surface area contributed by atoms with E-state index in [1.165, 1.54) is 24.6 Å². The number of H-pyrrole nitrogens is 1. The van der Waals surface area contributed by atoms with Crippen LogP contribution in [0.3, 0.4) is 0 Å². The first-order valence-electron chi connectivity index (χ1n) is 8.94. The monoisotopic (exact) mass is 403 g/mol. The van der Waals surface area contributed by atoms with Gasteiger partial charge in [-0.25, -0.2) is 4.79 Å². The molecule has 3 aromatic rings. The van der Waals surface area contributed by atoms with Crippen molar-refractivity contribution in [1.82, 2.24) is 14.5 Å². The number of aromatic hydroxyl groups is 1. The van der Waals surface area contributed by atoms with Crippen molar-refractivity contribution < 1.29 is 15.0 Å². The maximum Gasteiger partial charge on any atom is 0.345 e. The van der Waals surface area contributed by atoms with Crippen LogP contribution < -0.4 is 5.56 Å². The molecule has 1 aliphatic heterocycles. The summed E-state index contributed by atoms with van der Waals surface area (Å²) in [6.07, 6.45) is 2.49. The number of pyridine rings is 1. The van der Waals surface area contributed by atoms with Crippen molar-refractivity contribution in [3.05, 3.63) is 51.9 Å². The summed E-state index contributed by atoms with van der Waals surface area (Å²) in [4.78, 5) is 28.0. The number of carboxylic acid groups (broad SMARTS) is 1. The molecule has 0 unspecified atom stereocenters. The fourth-order valence-corrected chi connectivity index (χ4v) is 3.80. The molecular formula is C20H22ClN3O4. The number of carboxylic acids is 1. The van der Waals surface area contributed by atoms with Crippen molar-refractivity contribution in [2.75, 3.05) is 13.1 Å². The zero-order valence-corrected chi connectivity index (χ0v) is 16.3. The highest BCUT2D eigenvalue weighted by Crippen LogP contribution is 2.28. The molecule has 4 rings (SSSR count). The highest BCUT2D eigenvalue weighted by molar-refractivity contribution is 5.91. The number of hydrogen-bond donors (Lipinski definition) is 3. The molecule has 7 nitrogen and oxygen atoms in total. The molecule has 0 aliphatic carbocycles. The first-order chi connectivity index (χ1) is 12.9. The van der Waals surface area contributed by atoms with E-state index in [1.807, 2.05) is 25.2 Å². The molecule has 148 valence electrons. The van der Waals surface area contributed by atoms with Crippen molar-refractivity contribution in [3.63, 3.8) is 0 Å². The van der Waals surface area contributed by atoms with Crippen LogP contribution in [0.15, 0.2) is 35.1 Å². The third kappa shape index (κ3) is 3.50. The van der Waals surface area contributed by atoms with Gasteiger partial charge in [0.1, 0.15) is 5.75 Å². The van der Waals surface area contributed by atoms with Gasteiger partial charge in [-0.2, -0.15) is 0 Å².